The van der Waals surface area contributed by atoms with Crippen LogP contribution in [0.15, 0.2) is 47.1 Å². The molecule has 3 N–H and O–H groups in total. The molecule has 2 rings (SSSR count). The lowest BCUT2D eigenvalue weighted by Crippen LogP contribution is -3.08. The van der Waals surface area contributed by atoms with E-state index in [1.807, 2.05) is 26.1 Å². The molecular formula is C17H22N3O3+. The number of likely N-dealkylation sites (N-methyl/N-ethyl adjacent to an activating group) is 1. The van der Waals surface area contributed by atoms with Gasteiger partial charge in [-0.2, -0.15) is 0 Å². The Bertz CT molecular complexity index is 653. The lowest BCUT2D eigenvalue weighted by atomic mass is 10.2. The van der Waals surface area contributed by atoms with Gasteiger partial charge in [0, 0.05) is 17.8 Å². The molecule has 2 aromatic rings. The maximum Gasteiger partial charge on any atom is 0.279 e. The van der Waals surface area contributed by atoms with Crippen LogP contribution in [0, 0.1) is 0 Å². The van der Waals surface area contributed by atoms with Crippen LogP contribution in [0.2, 0.25) is 0 Å². The third-order valence-corrected chi connectivity index (χ3v) is 3.26. The van der Waals surface area contributed by atoms with Crippen molar-refractivity contribution in [1.82, 2.24) is 5.32 Å². The van der Waals surface area contributed by atoms with Crippen LogP contribution in [0.1, 0.15) is 23.0 Å². The first-order valence-electron chi connectivity index (χ1n) is 7.60. The Morgan fingerprint density at radius 1 is 1.22 bits per heavy atom. The Kier molecular flexibility index (Phi) is 5.94. The second-order valence-corrected chi connectivity index (χ2v) is 5.38. The Balaban J connectivity index is 1.89. The first-order valence-corrected chi connectivity index (χ1v) is 7.60. The molecule has 2 amide bonds. The number of hydrogen-bond donors (Lipinski definition) is 3. The summed E-state index contributed by atoms with van der Waals surface area (Å²) in [5.74, 6) is 0.583. The Hall–Kier alpha value is -2.60. The highest BCUT2D eigenvalue weighted by Gasteiger charge is 2.13. The molecule has 0 aliphatic rings. The summed E-state index contributed by atoms with van der Waals surface area (Å²) in [5, 5.41) is 5.55. The van der Waals surface area contributed by atoms with Gasteiger partial charge in [-0.3, -0.25) is 9.59 Å². The number of carbonyl (C=O) groups is 2. The van der Waals surface area contributed by atoms with Gasteiger partial charge in [0.25, 0.3) is 11.8 Å². The van der Waals surface area contributed by atoms with Crippen molar-refractivity contribution < 1.29 is 18.9 Å². The Morgan fingerprint density at radius 3 is 2.74 bits per heavy atom. The standard InChI is InChI=1S/C17H21N3O3/c1-3-18-17(22)13-6-4-7-14(10-13)19-16(21)12-20(2)11-15-8-5-9-23-15/h4-10H,3,11-12H2,1-2H3,(H,18,22)(H,19,21)/p+1. The number of furan rings is 1. The molecule has 1 heterocycles. The van der Waals surface area contributed by atoms with E-state index < -0.39 is 0 Å². The molecule has 1 unspecified atom stereocenters. The summed E-state index contributed by atoms with van der Waals surface area (Å²) in [5.41, 5.74) is 1.14. The van der Waals surface area contributed by atoms with E-state index in [1.165, 1.54) is 0 Å². The van der Waals surface area contributed by atoms with Gasteiger partial charge in [-0.05, 0) is 37.3 Å². The summed E-state index contributed by atoms with van der Waals surface area (Å²) in [4.78, 5) is 24.9. The maximum atomic E-state index is 12.1. The zero-order valence-electron chi connectivity index (χ0n) is 13.4. The summed E-state index contributed by atoms with van der Waals surface area (Å²) in [6.45, 7) is 3.38. The molecule has 1 atom stereocenters. The van der Waals surface area contributed by atoms with Crippen molar-refractivity contribution in [3.8, 4) is 0 Å². The molecular weight excluding hydrogens is 294 g/mol. The molecule has 122 valence electrons. The minimum absolute atomic E-state index is 0.109. The molecule has 1 aromatic heterocycles. The third-order valence-electron chi connectivity index (χ3n) is 3.26. The molecule has 0 saturated heterocycles. The zero-order valence-corrected chi connectivity index (χ0v) is 13.4. The van der Waals surface area contributed by atoms with Crippen LogP contribution in [0.5, 0.6) is 0 Å². The predicted molar refractivity (Wildman–Crippen MR) is 87.2 cm³/mol. The number of benzene rings is 1. The van der Waals surface area contributed by atoms with E-state index in [9.17, 15) is 9.59 Å². The van der Waals surface area contributed by atoms with E-state index in [1.54, 1.807) is 30.5 Å². The zero-order chi connectivity index (χ0) is 16.7. The lowest BCUT2D eigenvalue weighted by molar-refractivity contribution is -0.886. The molecule has 23 heavy (non-hydrogen) atoms. The van der Waals surface area contributed by atoms with Crippen LogP contribution in [-0.2, 0) is 11.3 Å². The maximum absolute atomic E-state index is 12.1. The van der Waals surface area contributed by atoms with E-state index in [0.717, 1.165) is 10.7 Å². The van der Waals surface area contributed by atoms with Crippen LogP contribution in [-0.4, -0.2) is 32.0 Å². The normalized spacial score (nSPS) is 11.7. The van der Waals surface area contributed by atoms with Crippen molar-refractivity contribution in [2.24, 2.45) is 0 Å². The highest BCUT2D eigenvalue weighted by Crippen LogP contribution is 2.10. The smallest absolute Gasteiger partial charge is 0.279 e. The SMILES string of the molecule is CCNC(=O)c1cccc(NC(=O)C[NH+](C)Cc2ccco2)c1. The van der Waals surface area contributed by atoms with Crippen molar-refractivity contribution in [1.29, 1.82) is 0 Å². The predicted octanol–water partition coefficient (Wildman–Crippen LogP) is 0.683. The minimum Gasteiger partial charge on any atom is -0.463 e. The fourth-order valence-electron chi connectivity index (χ4n) is 2.25. The minimum atomic E-state index is -0.149. The Morgan fingerprint density at radius 2 is 2.04 bits per heavy atom. The van der Waals surface area contributed by atoms with E-state index >= 15 is 0 Å². The van der Waals surface area contributed by atoms with Crippen molar-refractivity contribution in [2.45, 2.75) is 13.5 Å². The fourth-order valence-corrected chi connectivity index (χ4v) is 2.25. The third kappa shape index (κ3) is 5.27. The molecule has 6 nitrogen and oxygen atoms in total. The highest BCUT2D eigenvalue weighted by molar-refractivity contribution is 5.97. The molecule has 1 aromatic carbocycles. The molecule has 0 bridgehead atoms. The number of amides is 2. The second kappa shape index (κ2) is 8.14. The summed E-state index contributed by atoms with van der Waals surface area (Å²) in [7, 11) is 1.92. The number of nitrogens with one attached hydrogen (secondary N) is 3. The van der Waals surface area contributed by atoms with Gasteiger partial charge in [0.2, 0.25) is 0 Å². The van der Waals surface area contributed by atoms with Crippen molar-refractivity contribution in [3.63, 3.8) is 0 Å². The van der Waals surface area contributed by atoms with Gasteiger partial charge < -0.3 is 20.0 Å². The van der Waals surface area contributed by atoms with Gasteiger partial charge in [0.1, 0.15) is 6.54 Å². The lowest BCUT2D eigenvalue weighted by Gasteiger charge is -2.13. The van der Waals surface area contributed by atoms with Crippen molar-refractivity contribution in [3.05, 3.63) is 54.0 Å². The molecule has 0 saturated carbocycles. The average molecular weight is 316 g/mol. The number of anilines is 1. The summed E-state index contributed by atoms with van der Waals surface area (Å²) in [6, 6.07) is 10.6. The fraction of sp³-hybridized carbons (Fsp3) is 0.294. The van der Waals surface area contributed by atoms with Crippen molar-refractivity contribution in [2.75, 3.05) is 25.5 Å². The monoisotopic (exact) mass is 316 g/mol. The first-order chi connectivity index (χ1) is 11.1. The number of quaternary nitrogens is 1. The van der Waals surface area contributed by atoms with Gasteiger partial charge in [-0.1, -0.05) is 6.07 Å². The van der Waals surface area contributed by atoms with E-state index in [-0.39, 0.29) is 11.8 Å². The van der Waals surface area contributed by atoms with Gasteiger partial charge in [0.05, 0.1) is 13.3 Å². The first kappa shape index (κ1) is 16.8. The topological polar surface area (TPSA) is 75.8 Å². The summed E-state index contributed by atoms with van der Waals surface area (Å²) < 4.78 is 5.27. The molecule has 0 fully saturated rings. The summed E-state index contributed by atoms with van der Waals surface area (Å²) in [6.07, 6.45) is 1.62. The molecule has 0 aliphatic carbocycles. The van der Waals surface area contributed by atoms with Crippen LogP contribution >= 0.6 is 0 Å². The van der Waals surface area contributed by atoms with Crippen molar-refractivity contribution >= 4 is 17.5 Å². The second-order valence-electron chi connectivity index (χ2n) is 5.38. The molecule has 6 heteroatoms. The molecule has 0 aliphatic heterocycles. The van der Waals surface area contributed by atoms with Crippen LogP contribution < -0.4 is 15.5 Å². The largest absolute Gasteiger partial charge is 0.463 e. The molecule has 0 spiro atoms. The van der Waals surface area contributed by atoms with Crippen LogP contribution in [0.4, 0.5) is 5.69 Å². The Labute approximate surface area is 135 Å². The van der Waals surface area contributed by atoms with Crippen LogP contribution in [0.3, 0.4) is 0 Å². The van der Waals surface area contributed by atoms with Gasteiger partial charge >= 0.3 is 0 Å². The van der Waals surface area contributed by atoms with E-state index in [0.29, 0.717) is 30.9 Å². The van der Waals surface area contributed by atoms with Gasteiger partial charge in [-0.25, -0.2) is 0 Å². The average Bonchev–Trinajstić information content (AvgIpc) is 3.00. The number of hydrogen-bond acceptors (Lipinski definition) is 3. The van der Waals surface area contributed by atoms with Gasteiger partial charge in [0.15, 0.2) is 12.3 Å². The van der Waals surface area contributed by atoms with Gasteiger partial charge in [-0.15, -0.1) is 0 Å². The van der Waals surface area contributed by atoms with E-state index in [2.05, 4.69) is 10.6 Å². The number of carbonyl (C=O) groups excluding carboxylic acids is 2. The summed E-state index contributed by atoms with van der Waals surface area (Å²) >= 11 is 0. The number of rotatable bonds is 7. The quantitative estimate of drug-likeness (QED) is 0.703. The molecule has 0 radical (unpaired) electrons. The van der Waals surface area contributed by atoms with E-state index in [4.69, 9.17) is 4.42 Å². The highest BCUT2D eigenvalue weighted by atomic mass is 16.3. The van der Waals surface area contributed by atoms with Crippen LogP contribution in [0.25, 0.3) is 0 Å².